The number of nitrogens with one attached hydrogen (secondary N) is 1. The summed E-state index contributed by atoms with van der Waals surface area (Å²) in [5.41, 5.74) is 0.697. The SMILES string of the molecule is Cc1ccccc1CN(C(=O)CN(c1ccc(Cl)c(C(F)(F)F)c1)S(C)(=O)=O)[C@H](Cc1ccccc1)C(=O)NC(C)C. The lowest BCUT2D eigenvalue weighted by molar-refractivity contribution is -0.140. The summed E-state index contributed by atoms with van der Waals surface area (Å²) in [6.07, 6.45) is -3.94. The minimum absolute atomic E-state index is 0.0411. The van der Waals surface area contributed by atoms with Crippen molar-refractivity contribution in [1.82, 2.24) is 10.2 Å². The van der Waals surface area contributed by atoms with Crippen LogP contribution in [0.4, 0.5) is 18.9 Å². The first kappa shape index (κ1) is 32.9. The van der Waals surface area contributed by atoms with Crippen LogP contribution in [0.3, 0.4) is 0 Å². The number of aryl methyl sites for hydroxylation is 1. The van der Waals surface area contributed by atoms with Crippen LogP contribution < -0.4 is 9.62 Å². The van der Waals surface area contributed by atoms with E-state index in [0.717, 1.165) is 35.1 Å². The summed E-state index contributed by atoms with van der Waals surface area (Å²) in [4.78, 5) is 28.9. The van der Waals surface area contributed by atoms with E-state index in [1.54, 1.807) is 50.2 Å². The van der Waals surface area contributed by atoms with Gasteiger partial charge in [0, 0.05) is 19.0 Å². The summed E-state index contributed by atoms with van der Waals surface area (Å²) in [5, 5.41) is 2.23. The Bertz CT molecular complexity index is 1520. The molecule has 0 aliphatic rings. The third kappa shape index (κ3) is 8.72. The van der Waals surface area contributed by atoms with Crippen molar-refractivity contribution in [2.75, 3.05) is 17.1 Å². The number of hydrogen-bond donors (Lipinski definition) is 1. The summed E-state index contributed by atoms with van der Waals surface area (Å²) in [6, 6.07) is 17.6. The second-order valence-corrected chi connectivity index (χ2v) is 12.6. The first-order chi connectivity index (χ1) is 19.6. The molecule has 3 aromatic rings. The van der Waals surface area contributed by atoms with Crippen molar-refractivity contribution < 1.29 is 31.2 Å². The van der Waals surface area contributed by atoms with E-state index >= 15 is 0 Å². The maximum absolute atomic E-state index is 14.1. The highest BCUT2D eigenvalue weighted by molar-refractivity contribution is 7.92. The predicted octanol–water partition coefficient (Wildman–Crippen LogP) is 5.60. The standard InChI is InChI=1S/C30H33ClF3N3O4S/c1-20(2)35-29(39)27(16-22-11-6-5-7-12-22)36(18-23-13-9-8-10-21(23)3)28(38)19-37(42(4,40)41)24-14-15-26(31)25(17-24)30(32,33)34/h5-15,17,20,27H,16,18-19H2,1-4H3,(H,35,39)/t27-/m1/s1. The number of rotatable bonds is 11. The van der Waals surface area contributed by atoms with Crippen LogP contribution in [0.15, 0.2) is 72.8 Å². The minimum atomic E-state index is -4.85. The lowest BCUT2D eigenvalue weighted by atomic mass is 10.0. The number of halogens is 4. The van der Waals surface area contributed by atoms with Crippen LogP contribution in [0.5, 0.6) is 0 Å². The molecular formula is C30H33ClF3N3O4S. The highest BCUT2D eigenvalue weighted by atomic mass is 35.5. The third-order valence-corrected chi connectivity index (χ3v) is 8.00. The summed E-state index contributed by atoms with van der Waals surface area (Å²) in [6.45, 7) is 4.50. The molecule has 3 aromatic carbocycles. The minimum Gasteiger partial charge on any atom is -0.352 e. The Balaban J connectivity index is 2.11. The second-order valence-electron chi connectivity index (χ2n) is 10.2. The van der Waals surface area contributed by atoms with Crippen LogP contribution in [0.25, 0.3) is 0 Å². The van der Waals surface area contributed by atoms with E-state index in [-0.39, 0.29) is 24.7 Å². The maximum atomic E-state index is 14.1. The van der Waals surface area contributed by atoms with Crippen molar-refractivity contribution in [3.63, 3.8) is 0 Å². The summed E-state index contributed by atoms with van der Waals surface area (Å²) in [5.74, 6) is -1.22. The van der Waals surface area contributed by atoms with Crippen molar-refractivity contribution >= 4 is 39.1 Å². The van der Waals surface area contributed by atoms with Crippen molar-refractivity contribution in [1.29, 1.82) is 0 Å². The summed E-state index contributed by atoms with van der Waals surface area (Å²) >= 11 is 5.75. The van der Waals surface area contributed by atoms with Gasteiger partial charge in [0.15, 0.2) is 0 Å². The molecule has 226 valence electrons. The number of nitrogens with zero attached hydrogens (tertiary/aromatic N) is 2. The van der Waals surface area contributed by atoms with Gasteiger partial charge in [0.1, 0.15) is 12.6 Å². The molecule has 0 unspecified atom stereocenters. The molecular weight excluding hydrogens is 591 g/mol. The van der Waals surface area contributed by atoms with Gasteiger partial charge in [0.2, 0.25) is 21.8 Å². The Morgan fingerprint density at radius 1 is 0.976 bits per heavy atom. The van der Waals surface area contributed by atoms with Gasteiger partial charge < -0.3 is 10.2 Å². The second kappa shape index (κ2) is 13.6. The van der Waals surface area contributed by atoms with Gasteiger partial charge in [-0.1, -0.05) is 66.2 Å². The molecule has 42 heavy (non-hydrogen) atoms. The van der Waals surface area contributed by atoms with E-state index < -0.39 is 51.2 Å². The van der Waals surface area contributed by atoms with Crippen molar-refractivity contribution in [2.24, 2.45) is 0 Å². The summed E-state index contributed by atoms with van der Waals surface area (Å²) in [7, 11) is -4.25. The molecule has 0 spiro atoms. The van der Waals surface area contributed by atoms with Gasteiger partial charge in [0.25, 0.3) is 0 Å². The number of carbonyl (C=O) groups excluding carboxylic acids is 2. The van der Waals surface area contributed by atoms with E-state index in [9.17, 15) is 31.2 Å². The van der Waals surface area contributed by atoms with Crippen molar-refractivity contribution in [2.45, 2.75) is 52.0 Å². The van der Waals surface area contributed by atoms with Gasteiger partial charge in [-0.05, 0) is 55.7 Å². The van der Waals surface area contributed by atoms with E-state index in [1.807, 2.05) is 25.1 Å². The Labute approximate surface area is 249 Å². The Morgan fingerprint density at radius 3 is 2.17 bits per heavy atom. The van der Waals surface area contributed by atoms with Crippen LogP contribution in [-0.2, 0) is 38.8 Å². The molecule has 0 bridgehead atoms. The van der Waals surface area contributed by atoms with E-state index in [2.05, 4.69) is 5.32 Å². The van der Waals surface area contributed by atoms with Gasteiger partial charge in [-0.2, -0.15) is 13.2 Å². The zero-order valence-electron chi connectivity index (χ0n) is 23.7. The number of sulfonamides is 1. The van der Waals surface area contributed by atoms with E-state index in [1.165, 1.54) is 4.90 Å². The number of carbonyl (C=O) groups is 2. The monoisotopic (exact) mass is 623 g/mol. The molecule has 12 heteroatoms. The van der Waals surface area contributed by atoms with E-state index in [4.69, 9.17) is 11.6 Å². The fourth-order valence-electron chi connectivity index (χ4n) is 4.41. The number of hydrogen-bond acceptors (Lipinski definition) is 4. The molecule has 0 aromatic heterocycles. The molecule has 7 nitrogen and oxygen atoms in total. The highest BCUT2D eigenvalue weighted by Crippen LogP contribution is 2.37. The molecule has 1 N–H and O–H groups in total. The summed E-state index contributed by atoms with van der Waals surface area (Å²) < 4.78 is 67.1. The number of amides is 2. The average Bonchev–Trinajstić information content (AvgIpc) is 2.89. The smallest absolute Gasteiger partial charge is 0.352 e. The average molecular weight is 624 g/mol. The number of alkyl halides is 3. The van der Waals surface area contributed by atoms with Crippen LogP contribution >= 0.6 is 11.6 Å². The lowest BCUT2D eigenvalue weighted by Crippen LogP contribution is -2.54. The lowest BCUT2D eigenvalue weighted by Gasteiger charge is -2.34. The Kier molecular flexibility index (Phi) is 10.7. The van der Waals surface area contributed by atoms with Gasteiger partial charge in [-0.25, -0.2) is 8.42 Å². The van der Waals surface area contributed by atoms with Crippen LogP contribution in [0.1, 0.15) is 36.1 Å². The predicted molar refractivity (Wildman–Crippen MR) is 158 cm³/mol. The van der Waals surface area contributed by atoms with Crippen LogP contribution in [0, 0.1) is 6.92 Å². The fraction of sp³-hybridized carbons (Fsp3) is 0.333. The Hall–Kier alpha value is -3.57. The first-order valence-electron chi connectivity index (χ1n) is 13.1. The molecule has 1 atom stereocenters. The third-order valence-electron chi connectivity index (χ3n) is 6.53. The molecule has 0 aliphatic carbocycles. The largest absolute Gasteiger partial charge is 0.417 e. The zero-order chi connectivity index (χ0) is 31.2. The zero-order valence-corrected chi connectivity index (χ0v) is 25.2. The van der Waals surface area contributed by atoms with Gasteiger partial charge in [-0.15, -0.1) is 0 Å². The normalized spacial score (nSPS) is 12.6. The highest BCUT2D eigenvalue weighted by Gasteiger charge is 2.36. The van der Waals surface area contributed by atoms with Crippen LogP contribution in [0.2, 0.25) is 5.02 Å². The molecule has 0 saturated carbocycles. The van der Waals surface area contributed by atoms with Crippen molar-refractivity contribution in [3.05, 3.63) is 100 Å². The molecule has 0 aliphatic heterocycles. The Morgan fingerprint density at radius 2 is 1.60 bits per heavy atom. The van der Waals surface area contributed by atoms with Crippen molar-refractivity contribution in [3.8, 4) is 0 Å². The number of benzene rings is 3. The number of anilines is 1. The molecule has 0 radical (unpaired) electrons. The molecule has 0 heterocycles. The fourth-order valence-corrected chi connectivity index (χ4v) is 5.47. The van der Waals surface area contributed by atoms with Gasteiger partial charge in [-0.3, -0.25) is 13.9 Å². The van der Waals surface area contributed by atoms with Gasteiger partial charge >= 0.3 is 6.18 Å². The molecule has 0 saturated heterocycles. The molecule has 2 amide bonds. The topological polar surface area (TPSA) is 86.8 Å². The maximum Gasteiger partial charge on any atom is 0.417 e. The van der Waals surface area contributed by atoms with Gasteiger partial charge in [0.05, 0.1) is 22.5 Å². The molecule has 0 fully saturated rings. The molecule has 3 rings (SSSR count). The van der Waals surface area contributed by atoms with Crippen LogP contribution in [-0.4, -0.2) is 50.0 Å². The quantitative estimate of drug-likeness (QED) is 0.301. The first-order valence-corrected chi connectivity index (χ1v) is 15.3. The van der Waals surface area contributed by atoms with E-state index in [0.29, 0.717) is 10.4 Å².